The van der Waals surface area contributed by atoms with Crippen LogP contribution in [0.4, 0.5) is 0 Å². The Kier molecular flexibility index (Phi) is 5.74. The van der Waals surface area contributed by atoms with Gasteiger partial charge in [-0.1, -0.05) is 29.3 Å². The second kappa shape index (κ2) is 6.60. The van der Waals surface area contributed by atoms with Gasteiger partial charge in [0.2, 0.25) is 0 Å². The zero-order valence-electron chi connectivity index (χ0n) is 10.5. The van der Waals surface area contributed by atoms with Gasteiger partial charge in [-0.05, 0) is 32.9 Å². The molecule has 0 unspecified atom stereocenters. The Morgan fingerprint density at radius 3 is 2.35 bits per heavy atom. The van der Waals surface area contributed by atoms with E-state index in [0.29, 0.717) is 23.2 Å². The van der Waals surface area contributed by atoms with E-state index in [4.69, 9.17) is 27.9 Å². The highest BCUT2D eigenvalue weighted by Crippen LogP contribution is 2.24. The molecular weight excluding hydrogens is 257 g/mol. The predicted octanol–water partition coefficient (Wildman–Crippen LogP) is 3.90. The first-order valence-corrected chi connectivity index (χ1v) is 6.49. The molecule has 0 heterocycles. The summed E-state index contributed by atoms with van der Waals surface area (Å²) < 4.78 is 5.60. The smallest absolute Gasteiger partial charge is 0.0750 e. The molecule has 1 aromatic rings. The highest BCUT2D eigenvalue weighted by atomic mass is 35.5. The van der Waals surface area contributed by atoms with Crippen LogP contribution >= 0.6 is 23.2 Å². The Labute approximate surface area is 113 Å². The molecule has 4 heteroatoms. The van der Waals surface area contributed by atoms with Crippen LogP contribution in [0.1, 0.15) is 26.3 Å². The van der Waals surface area contributed by atoms with Crippen LogP contribution in [0.3, 0.4) is 0 Å². The molecule has 1 rings (SSSR count). The van der Waals surface area contributed by atoms with E-state index >= 15 is 0 Å². The van der Waals surface area contributed by atoms with Crippen molar-refractivity contribution in [3.8, 4) is 0 Å². The lowest BCUT2D eigenvalue weighted by Crippen LogP contribution is -2.37. The van der Waals surface area contributed by atoms with Gasteiger partial charge in [-0.3, -0.25) is 0 Å². The first-order chi connectivity index (χ1) is 7.96. The van der Waals surface area contributed by atoms with Gasteiger partial charge in [0.05, 0.1) is 5.60 Å². The van der Waals surface area contributed by atoms with Gasteiger partial charge in [0.1, 0.15) is 0 Å². The predicted molar refractivity (Wildman–Crippen MR) is 73.9 cm³/mol. The second-order valence-corrected chi connectivity index (χ2v) is 5.31. The van der Waals surface area contributed by atoms with Crippen molar-refractivity contribution in [1.29, 1.82) is 0 Å². The van der Waals surface area contributed by atoms with E-state index in [2.05, 4.69) is 19.2 Å². The molecule has 0 aromatic heterocycles. The van der Waals surface area contributed by atoms with E-state index in [9.17, 15) is 0 Å². The van der Waals surface area contributed by atoms with Crippen LogP contribution in [0, 0.1) is 0 Å². The molecule has 2 nitrogen and oxygen atoms in total. The Hall–Kier alpha value is -0.280. The molecule has 0 aliphatic heterocycles. The number of nitrogens with one attached hydrogen (secondary N) is 1. The molecule has 0 saturated carbocycles. The van der Waals surface area contributed by atoms with E-state index in [0.717, 1.165) is 12.1 Å². The number of benzene rings is 1. The van der Waals surface area contributed by atoms with Crippen molar-refractivity contribution in [2.75, 3.05) is 13.2 Å². The molecule has 0 fully saturated rings. The minimum atomic E-state index is -0.178. The fourth-order valence-electron chi connectivity index (χ4n) is 1.63. The van der Waals surface area contributed by atoms with Gasteiger partial charge in [-0.15, -0.1) is 0 Å². The number of halogens is 2. The molecular formula is C13H19Cl2NO. The van der Waals surface area contributed by atoms with Crippen LogP contribution in [-0.2, 0) is 11.3 Å². The summed E-state index contributed by atoms with van der Waals surface area (Å²) in [4.78, 5) is 0. The maximum atomic E-state index is 6.08. The molecule has 0 radical (unpaired) electrons. The third kappa shape index (κ3) is 4.84. The Bertz CT molecular complexity index is 346. The quantitative estimate of drug-likeness (QED) is 0.850. The van der Waals surface area contributed by atoms with Crippen LogP contribution in [-0.4, -0.2) is 18.8 Å². The van der Waals surface area contributed by atoms with Gasteiger partial charge >= 0.3 is 0 Å². The van der Waals surface area contributed by atoms with E-state index in [-0.39, 0.29) is 5.60 Å². The van der Waals surface area contributed by atoms with Gasteiger partial charge in [0.15, 0.2) is 0 Å². The van der Waals surface area contributed by atoms with E-state index < -0.39 is 0 Å². The van der Waals surface area contributed by atoms with Crippen molar-refractivity contribution in [3.05, 3.63) is 33.8 Å². The summed E-state index contributed by atoms with van der Waals surface area (Å²) in [6.45, 7) is 8.21. The zero-order valence-corrected chi connectivity index (χ0v) is 12.0. The lowest BCUT2D eigenvalue weighted by atomic mass is 10.1. The maximum Gasteiger partial charge on any atom is 0.0750 e. The van der Waals surface area contributed by atoms with Gasteiger partial charge in [0.25, 0.3) is 0 Å². The Balaban J connectivity index is 2.51. The molecule has 0 bridgehead atoms. The fourth-order valence-corrected chi connectivity index (χ4v) is 2.16. The summed E-state index contributed by atoms with van der Waals surface area (Å²) in [5.41, 5.74) is 0.755. The minimum Gasteiger partial charge on any atom is -0.375 e. The van der Waals surface area contributed by atoms with Crippen LogP contribution in [0.5, 0.6) is 0 Å². The summed E-state index contributed by atoms with van der Waals surface area (Å²) >= 11 is 12.2. The largest absolute Gasteiger partial charge is 0.375 e. The zero-order chi connectivity index (χ0) is 12.9. The number of rotatable bonds is 6. The van der Waals surface area contributed by atoms with Crippen LogP contribution in [0.2, 0.25) is 10.0 Å². The van der Waals surface area contributed by atoms with Crippen molar-refractivity contribution in [2.24, 2.45) is 0 Å². The molecule has 17 heavy (non-hydrogen) atoms. The van der Waals surface area contributed by atoms with Gasteiger partial charge in [-0.2, -0.15) is 0 Å². The van der Waals surface area contributed by atoms with E-state index in [1.165, 1.54) is 0 Å². The lowest BCUT2D eigenvalue weighted by molar-refractivity contribution is -0.00897. The Morgan fingerprint density at radius 1 is 1.24 bits per heavy atom. The first kappa shape index (κ1) is 14.8. The van der Waals surface area contributed by atoms with Crippen molar-refractivity contribution in [2.45, 2.75) is 32.9 Å². The molecule has 1 N–H and O–H groups in total. The highest BCUT2D eigenvalue weighted by Gasteiger charge is 2.17. The molecule has 0 atom stereocenters. The summed E-state index contributed by atoms with van der Waals surface area (Å²) in [5.74, 6) is 0. The van der Waals surface area contributed by atoms with Crippen LogP contribution in [0.15, 0.2) is 18.2 Å². The van der Waals surface area contributed by atoms with Gasteiger partial charge in [0, 0.05) is 35.3 Å². The fraction of sp³-hybridized carbons (Fsp3) is 0.538. The van der Waals surface area contributed by atoms with Crippen molar-refractivity contribution < 1.29 is 4.74 Å². The third-order valence-electron chi connectivity index (χ3n) is 2.45. The normalized spacial score (nSPS) is 11.8. The summed E-state index contributed by atoms with van der Waals surface area (Å²) in [6.07, 6.45) is 0. The molecule has 0 amide bonds. The van der Waals surface area contributed by atoms with Gasteiger partial charge < -0.3 is 10.1 Å². The highest BCUT2D eigenvalue weighted by molar-refractivity contribution is 6.35. The third-order valence-corrected chi connectivity index (χ3v) is 3.16. The summed E-state index contributed by atoms with van der Waals surface area (Å²) in [7, 11) is 0. The van der Waals surface area contributed by atoms with E-state index in [1.807, 2.05) is 25.1 Å². The monoisotopic (exact) mass is 275 g/mol. The van der Waals surface area contributed by atoms with Crippen LogP contribution in [0.25, 0.3) is 0 Å². The molecule has 1 aromatic carbocycles. The first-order valence-electron chi connectivity index (χ1n) is 5.74. The number of ether oxygens (including phenoxy) is 1. The number of hydrogen-bond donors (Lipinski definition) is 1. The van der Waals surface area contributed by atoms with Crippen molar-refractivity contribution >= 4 is 23.2 Å². The molecule has 96 valence electrons. The Morgan fingerprint density at radius 2 is 1.82 bits per heavy atom. The molecule has 0 saturated heterocycles. The maximum absolute atomic E-state index is 6.08. The lowest BCUT2D eigenvalue weighted by Gasteiger charge is -2.25. The molecule has 0 spiro atoms. The summed E-state index contributed by atoms with van der Waals surface area (Å²) in [5, 5.41) is 4.70. The SMILES string of the molecule is CCOC(C)(C)CNCc1c(Cl)cccc1Cl. The standard InChI is InChI=1S/C13H19Cl2NO/c1-4-17-13(2,3)9-16-8-10-11(14)6-5-7-12(10)15/h5-7,16H,4,8-9H2,1-3H3. The van der Waals surface area contributed by atoms with Crippen molar-refractivity contribution in [1.82, 2.24) is 5.32 Å². The molecule has 0 aliphatic rings. The molecule has 0 aliphatic carbocycles. The van der Waals surface area contributed by atoms with Crippen LogP contribution < -0.4 is 5.32 Å². The topological polar surface area (TPSA) is 21.3 Å². The second-order valence-electron chi connectivity index (χ2n) is 4.50. The van der Waals surface area contributed by atoms with Crippen molar-refractivity contribution in [3.63, 3.8) is 0 Å². The average molecular weight is 276 g/mol. The van der Waals surface area contributed by atoms with Gasteiger partial charge in [-0.25, -0.2) is 0 Å². The summed E-state index contributed by atoms with van der Waals surface area (Å²) in [6, 6.07) is 5.54. The van der Waals surface area contributed by atoms with E-state index in [1.54, 1.807) is 0 Å². The minimum absolute atomic E-state index is 0.178. The number of hydrogen-bond acceptors (Lipinski definition) is 2. The average Bonchev–Trinajstić information content (AvgIpc) is 2.22.